The molecule has 1 aromatic carbocycles. The van der Waals surface area contributed by atoms with Crippen molar-refractivity contribution in [3.8, 4) is 5.75 Å². The molecule has 0 saturated heterocycles. The van der Waals surface area contributed by atoms with Gasteiger partial charge in [-0.15, -0.1) is 0 Å². The van der Waals surface area contributed by atoms with Crippen molar-refractivity contribution in [1.29, 1.82) is 0 Å². The van der Waals surface area contributed by atoms with E-state index in [-0.39, 0.29) is 10.9 Å². The van der Waals surface area contributed by atoms with Crippen LogP contribution in [-0.2, 0) is 9.59 Å². The van der Waals surface area contributed by atoms with Crippen LogP contribution in [0.25, 0.3) is 6.08 Å². The van der Waals surface area contributed by atoms with Gasteiger partial charge in [0.2, 0.25) is 0 Å². The van der Waals surface area contributed by atoms with Crippen LogP contribution in [0.5, 0.6) is 5.75 Å². The molecular formula is C18H20ClNO3. The number of carbonyl (C=O) groups is 2. The number of ether oxygens (including phenoxy) is 1. The summed E-state index contributed by atoms with van der Waals surface area (Å²) < 4.78 is 5.33. The van der Waals surface area contributed by atoms with Gasteiger partial charge in [-0.3, -0.25) is 14.5 Å². The maximum atomic E-state index is 12.3. The quantitative estimate of drug-likeness (QED) is 0.794. The third-order valence-electron chi connectivity index (χ3n) is 3.91. The van der Waals surface area contributed by atoms with E-state index in [4.69, 9.17) is 16.3 Å². The Balaban J connectivity index is 2.19. The summed E-state index contributed by atoms with van der Waals surface area (Å²) in [4.78, 5) is 25.5. The second-order valence-corrected chi connectivity index (χ2v) is 5.89. The first-order chi connectivity index (χ1) is 10.9. The summed E-state index contributed by atoms with van der Waals surface area (Å²) in [6.45, 7) is 4.35. The van der Waals surface area contributed by atoms with Crippen LogP contribution in [0, 0.1) is 13.8 Å². The minimum atomic E-state index is -0.434. The van der Waals surface area contributed by atoms with Crippen LogP contribution in [0.4, 0.5) is 0 Å². The third-order valence-corrected chi connectivity index (χ3v) is 4.22. The number of allylic oxidation sites excluding steroid dienone is 1. The fourth-order valence-corrected chi connectivity index (χ4v) is 2.64. The first-order valence-corrected chi connectivity index (χ1v) is 7.86. The maximum Gasteiger partial charge on any atom is 0.271 e. The largest absolute Gasteiger partial charge is 0.496 e. The molecule has 1 aromatic rings. The van der Waals surface area contributed by atoms with Crippen molar-refractivity contribution >= 4 is 29.5 Å². The molecule has 0 bridgehead atoms. The molecule has 0 N–H and O–H groups in total. The highest BCUT2D eigenvalue weighted by atomic mass is 35.5. The van der Waals surface area contributed by atoms with E-state index in [9.17, 15) is 9.59 Å². The molecule has 0 unspecified atom stereocenters. The zero-order valence-corrected chi connectivity index (χ0v) is 14.3. The third kappa shape index (κ3) is 4.02. The topological polar surface area (TPSA) is 46.6 Å². The van der Waals surface area contributed by atoms with Crippen molar-refractivity contribution in [3.05, 3.63) is 46.0 Å². The molecule has 5 heteroatoms. The molecule has 0 aromatic heterocycles. The molecule has 2 rings (SSSR count). The Bertz CT molecular complexity index is 692. The Morgan fingerprint density at radius 1 is 1.35 bits per heavy atom. The summed E-state index contributed by atoms with van der Waals surface area (Å²) in [5, 5.41) is 0.108. The molecule has 122 valence electrons. The number of amides is 2. The van der Waals surface area contributed by atoms with Gasteiger partial charge in [-0.1, -0.05) is 23.7 Å². The molecule has 0 saturated carbocycles. The lowest BCUT2D eigenvalue weighted by molar-refractivity contribution is -0.138. The summed E-state index contributed by atoms with van der Waals surface area (Å²) in [7, 11) is 1.62. The van der Waals surface area contributed by atoms with Gasteiger partial charge in [0.1, 0.15) is 10.8 Å². The van der Waals surface area contributed by atoms with Gasteiger partial charge in [-0.25, -0.2) is 0 Å². The number of rotatable bonds is 3. The number of hydrogen-bond donors (Lipinski definition) is 0. The number of hydrogen-bond acceptors (Lipinski definition) is 3. The number of halogens is 1. The van der Waals surface area contributed by atoms with E-state index >= 15 is 0 Å². The zero-order valence-electron chi connectivity index (χ0n) is 13.6. The van der Waals surface area contributed by atoms with Crippen LogP contribution in [0.3, 0.4) is 0 Å². The van der Waals surface area contributed by atoms with E-state index in [0.29, 0.717) is 13.0 Å². The standard InChI is InChI=1S/C18H20ClNO3/c1-12-10-14(11-16(23-3)13(12)2)7-8-17(21)20-9-5-4-6-15(19)18(20)22/h6-8,10-11H,4-5,9H2,1-3H3/b8-7+. The van der Waals surface area contributed by atoms with E-state index in [1.165, 1.54) is 11.0 Å². The summed E-state index contributed by atoms with van der Waals surface area (Å²) in [6, 6.07) is 3.84. The molecule has 1 aliphatic rings. The van der Waals surface area contributed by atoms with Crippen LogP contribution in [0.1, 0.15) is 29.5 Å². The van der Waals surface area contributed by atoms with Crippen molar-refractivity contribution < 1.29 is 14.3 Å². The number of benzene rings is 1. The van der Waals surface area contributed by atoms with Gasteiger partial charge in [0.15, 0.2) is 0 Å². The monoisotopic (exact) mass is 333 g/mol. The SMILES string of the molecule is COc1cc(/C=C/C(=O)N2CCCC=C(Cl)C2=O)cc(C)c1C. The van der Waals surface area contributed by atoms with Crippen LogP contribution >= 0.6 is 11.6 Å². The molecule has 1 heterocycles. The van der Waals surface area contributed by atoms with Crippen molar-refractivity contribution in [2.45, 2.75) is 26.7 Å². The van der Waals surface area contributed by atoms with Crippen molar-refractivity contribution in [2.24, 2.45) is 0 Å². The van der Waals surface area contributed by atoms with Gasteiger partial charge in [0.05, 0.1) is 7.11 Å². The fourth-order valence-electron chi connectivity index (χ4n) is 2.43. The highest BCUT2D eigenvalue weighted by Crippen LogP contribution is 2.24. The average Bonchev–Trinajstić information content (AvgIpc) is 2.70. The van der Waals surface area contributed by atoms with Gasteiger partial charge in [0.25, 0.3) is 11.8 Å². The average molecular weight is 334 g/mol. The molecule has 0 aliphatic carbocycles. The van der Waals surface area contributed by atoms with E-state index < -0.39 is 5.91 Å². The summed E-state index contributed by atoms with van der Waals surface area (Å²) in [5.41, 5.74) is 2.99. The van der Waals surface area contributed by atoms with Gasteiger partial charge in [0, 0.05) is 12.6 Å². The first-order valence-electron chi connectivity index (χ1n) is 7.49. The number of carbonyl (C=O) groups excluding carboxylic acids is 2. The predicted molar refractivity (Wildman–Crippen MR) is 91.4 cm³/mol. The summed E-state index contributed by atoms with van der Waals surface area (Å²) in [5.74, 6) is -0.0222. The molecule has 4 nitrogen and oxygen atoms in total. The summed E-state index contributed by atoms with van der Waals surface area (Å²) >= 11 is 5.88. The molecule has 23 heavy (non-hydrogen) atoms. The van der Waals surface area contributed by atoms with Gasteiger partial charge in [-0.05, 0) is 55.5 Å². The zero-order chi connectivity index (χ0) is 17.0. The smallest absolute Gasteiger partial charge is 0.271 e. The van der Waals surface area contributed by atoms with Crippen LogP contribution in [-0.4, -0.2) is 30.4 Å². The maximum absolute atomic E-state index is 12.3. The molecule has 0 fully saturated rings. The number of nitrogens with zero attached hydrogens (tertiary/aromatic N) is 1. The van der Waals surface area contributed by atoms with Crippen LogP contribution < -0.4 is 4.74 Å². The van der Waals surface area contributed by atoms with E-state index in [2.05, 4.69) is 0 Å². The van der Waals surface area contributed by atoms with E-state index in [0.717, 1.165) is 28.9 Å². The molecule has 2 amide bonds. The van der Waals surface area contributed by atoms with Crippen LogP contribution in [0.15, 0.2) is 29.3 Å². The fraction of sp³-hybridized carbons (Fsp3) is 0.333. The Morgan fingerprint density at radius 3 is 2.78 bits per heavy atom. The second kappa shape index (κ2) is 7.47. The van der Waals surface area contributed by atoms with Crippen molar-refractivity contribution in [1.82, 2.24) is 4.90 Å². The highest BCUT2D eigenvalue weighted by Gasteiger charge is 2.23. The second-order valence-electron chi connectivity index (χ2n) is 5.49. The van der Waals surface area contributed by atoms with Gasteiger partial charge in [-0.2, -0.15) is 0 Å². The Morgan fingerprint density at radius 2 is 2.09 bits per heavy atom. The first kappa shape index (κ1) is 17.3. The normalized spacial score (nSPS) is 15.6. The molecular weight excluding hydrogens is 314 g/mol. The van der Waals surface area contributed by atoms with Gasteiger partial charge >= 0.3 is 0 Å². The molecule has 1 aliphatic heterocycles. The van der Waals surface area contributed by atoms with Gasteiger partial charge < -0.3 is 4.74 Å². The Hall–Kier alpha value is -2.07. The van der Waals surface area contributed by atoms with Crippen LogP contribution in [0.2, 0.25) is 0 Å². The lowest BCUT2D eigenvalue weighted by atomic mass is 10.0. The molecule has 0 radical (unpaired) electrons. The minimum absolute atomic E-state index is 0.108. The van der Waals surface area contributed by atoms with Crippen molar-refractivity contribution in [2.75, 3.05) is 13.7 Å². The summed E-state index contributed by atoms with van der Waals surface area (Å²) in [6.07, 6.45) is 6.17. The van der Waals surface area contributed by atoms with Crippen molar-refractivity contribution in [3.63, 3.8) is 0 Å². The lowest BCUT2D eigenvalue weighted by Crippen LogP contribution is -2.35. The highest BCUT2D eigenvalue weighted by molar-refractivity contribution is 6.43. The number of imide groups is 1. The molecule has 0 spiro atoms. The Kier molecular flexibility index (Phi) is 5.61. The predicted octanol–water partition coefficient (Wildman–Crippen LogP) is 3.60. The van der Waals surface area contributed by atoms with E-state index in [1.807, 2.05) is 26.0 Å². The minimum Gasteiger partial charge on any atom is -0.496 e. The number of aryl methyl sites for hydroxylation is 1. The Labute approximate surface area is 141 Å². The van der Waals surface area contributed by atoms with E-state index in [1.54, 1.807) is 19.3 Å². The number of methoxy groups -OCH3 is 1. The lowest BCUT2D eigenvalue weighted by Gasteiger charge is -2.16. The molecule has 0 atom stereocenters.